The average molecular weight is 177 g/mol. The van der Waals surface area contributed by atoms with Gasteiger partial charge in [0.05, 0.1) is 0 Å². The molecule has 0 radical (unpaired) electrons. The van der Waals surface area contributed by atoms with Gasteiger partial charge >= 0.3 is 0 Å². The highest BCUT2D eigenvalue weighted by Crippen LogP contribution is 2.33. The topological polar surface area (TPSA) is 9.23 Å². The summed E-state index contributed by atoms with van der Waals surface area (Å²) in [6, 6.07) is 0. The second-order valence-corrected chi connectivity index (χ2v) is 3.90. The van der Waals surface area contributed by atoms with Gasteiger partial charge in [0.1, 0.15) is 0 Å². The Kier molecular flexibility index (Phi) is 4.24. The minimum absolute atomic E-state index is 0.451. The fourth-order valence-corrected chi connectivity index (χ4v) is 2.21. The van der Waals surface area contributed by atoms with Crippen molar-refractivity contribution in [2.24, 2.45) is 5.92 Å². The Labute approximate surface area is 74.1 Å². The van der Waals surface area contributed by atoms with E-state index in [1.807, 2.05) is 0 Å². The van der Waals surface area contributed by atoms with Crippen LogP contribution >= 0.6 is 11.6 Å². The number of halogens is 1. The van der Waals surface area contributed by atoms with Crippen LogP contribution in [0.15, 0.2) is 0 Å². The monoisotopic (exact) mass is 176 g/mol. The molecule has 0 aliphatic heterocycles. The SMILES string of the molecule is COCCCC1CCCC1Cl. The Morgan fingerprint density at radius 2 is 2.27 bits per heavy atom. The molecule has 0 spiro atoms. The van der Waals surface area contributed by atoms with Gasteiger partial charge in [-0.2, -0.15) is 0 Å². The summed E-state index contributed by atoms with van der Waals surface area (Å²) in [5.74, 6) is 0.770. The summed E-state index contributed by atoms with van der Waals surface area (Å²) in [7, 11) is 1.76. The van der Waals surface area contributed by atoms with Crippen LogP contribution in [-0.2, 0) is 4.74 Å². The molecule has 1 rings (SSSR count). The van der Waals surface area contributed by atoms with Crippen molar-refractivity contribution in [3.8, 4) is 0 Å². The van der Waals surface area contributed by atoms with E-state index in [4.69, 9.17) is 16.3 Å². The number of hydrogen-bond acceptors (Lipinski definition) is 1. The highest BCUT2D eigenvalue weighted by molar-refractivity contribution is 6.20. The Morgan fingerprint density at radius 1 is 1.45 bits per heavy atom. The van der Waals surface area contributed by atoms with Crippen LogP contribution in [0.4, 0.5) is 0 Å². The van der Waals surface area contributed by atoms with Crippen molar-refractivity contribution in [2.45, 2.75) is 37.5 Å². The molecule has 0 aromatic heterocycles. The average Bonchev–Trinajstić information content (AvgIpc) is 2.37. The molecular formula is C9H17ClO. The van der Waals surface area contributed by atoms with Crippen molar-refractivity contribution in [1.29, 1.82) is 0 Å². The molecule has 1 saturated carbocycles. The molecular weight excluding hydrogens is 160 g/mol. The van der Waals surface area contributed by atoms with Crippen molar-refractivity contribution in [1.82, 2.24) is 0 Å². The standard InChI is InChI=1S/C9H17ClO/c1-11-7-3-5-8-4-2-6-9(8)10/h8-9H,2-7H2,1H3. The summed E-state index contributed by atoms with van der Waals surface area (Å²) in [5, 5.41) is 0.451. The van der Waals surface area contributed by atoms with Crippen molar-refractivity contribution in [2.75, 3.05) is 13.7 Å². The molecule has 1 aliphatic rings. The summed E-state index contributed by atoms with van der Waals surface area (Å²) in [6.45, 7) is 0.889. The molecule has 0 aromatic carbocycles. The minimum Gasteiger partial charge on any atom is -0.385 e. The van der Waals surface area contributed by atoms with Gasteiger partial charge in [0.2, 0.25) is 0 Å². The zero-order valence-electron chi connectivity index (χ0n) is 7.18. The molecule has 66 valence electrons. The fourth-order valence-electron chi connectivity index (χ4n) is 1.81. The van der Waals surface area contributed by atoms with Crippen molar-refractivity contribution < 1.29 is 4.74 Å². The van der Waals surface area contributed by atoms with Crippen LogP contribution in [0.3, 0.4) is 0 Å². The summed E-state index contributed by atoms with van der Waals surface area (Å²) in [5.41, 5.74) is 0. The largest absolute Gasteiger partial charge is 0.385 e. The van der Waals surface area contributed by atoms with Gasteiger partial charge in [-0.3, -0.25) is 0 Å². The Morgan fingerprint density at radius 3 is 2.82 bits per heavy atom. The molecule has 1 nitrogen and oxygen atoms in total. The van der Waals surface area contributed by atoms with E-state index >= 15 is 0 Å². The van der Waals surface area contributed by atoms with E-state index in [9.17, 15) is 0 Å². The normalized spacial score (nSPS) is 31.1. The number of methoxy groups -OCH3 is 1. The Hall–Kier alpha value is 0.250. The van der Waals surface area contributed by atoms with Gasteiger partial charge < -0.3 is 4.74 Å². The summed E-state index contributed by atoms with van der Waals surface area (Å²) >= 11 is 6.12. The molecule has 1 aliphatic carbocycles. The van der Waals surface area contributed by atoms with Gasteiger partial charge in [-0.05, 0) is 31.6 Å². The maximum atomic E-state index is 6.12. The molecule has 2 atom stereocenters. The van der Waals surface area contributed by atoms with Crippen molar-refractivity contribution >= 4 is 11.6 Å². The zero-order chi connectivity index (χ0) is 8.10. The molecule has 0 heterocycles. The predicted molar refractivity (Wildman–Crippen MR) is 48.1 cm³/mol. The van der Waals surface area contributed by atoms with E-state index in [0.29, 0.717) is 5.38 Å². The predicted octanol–water partition coefficient (Wildman–Crippen LogP) is 2.82. The third-order valence-electron chi connectivity index (χ3n) is 2.49. The van der Waals surface area contributed by atoms with E-state index < -0.39 is 0 Å². The van der Waals surface area contributed by atoms with E-state index in [2.05, 4.69) is 0 Å². The van der Waals surface area contributed by atoms with Crippen molar-refractivity contribution in [3.05, 3.63) is 0 Å². The fraction of sp³-hybridized carbons (Fsp3) is 1.00. The van der Waals surface area contributed by atoms with Crippen LogP contribution in [-0.4, -0.2) is 19.1 Å². The number of ether oxygens (including phenoxy) is 1. The van der Waals surface area contributed by atoms with Crippen LogP contribution in [0.5, 0.6) is 0 Å². The Balaban J connectivity index is 2.05. The van der Waals surface area contributed by atoms with Gasteiger partial charge in [-0.1, -0.05) is 6.42 Å². The highest BCUT2D eigenvalue weighted by atomic mass is 35.5. The van der Waals surface area contributed by atoms with Crippen LogP contribution in [0.2, 0.25) is 0 Å². The maximum absolute atomic E-state index is 6.12. The molecule has 11 heavy (non-hydrogen) atoms. The third kappa shape index (κ3) is 3.00. The lowest BCUT2D eigenvalue weighted by Crippen LogP contribution is -2.07. The number of alkyl halides is 1. The van der Waals surface area contributed by atoms with Gasteiger partial charge in [0.25, 0.3) is 0 Å². The molecule has 0 amide bonds. The lowest BCUT2D eigenvalue weighted by Gasteiger charge is -2.12. The molecule has 2 unspecified atom stereocenters. The van der Waals surface area contributed by atoms with E-state index in [0.717, 1.165) is 12.5 Å². The zero-order valence-corrected chi connectivity index (χ0v) is 7.94. The summed E-state index contributed by atoms with van der Waals surface area (Å²) < 4.78 is 4.99. The lowest BCUT2D eigenvalue weighted by molar-refractivity contribution is 0.187. The first kappa shape index (κ1) is 9.34. The summed E-state index contributed by atoms with van der Waals surface area (Å²) in [6.07, 6.45) is 6.30. The molecule has 0 N–H and O–H groups in total. The first-order valence-corrected chi connectivity index (χ1v) is 4.91. The minimum atomic E-state index is 0.451. The molecule has 1 fully saturated rings. The number of rotatable bonds is 4. The van der Waals surface area contributed by atoms with Crippen LogP contribution in [0.1, 0.15) is 32.1 Å². The summed E-state index contributed by atoms with van der Waals surface area (Å²) in [4.78, 5) is 0. The molecule has 2 heteroatoms. The Bertz CT molecular complexity index is 106. The first-order chi connectivity index (χ1) is 5.34. The van der Waals surface area contributed by atoms with Crippen LogP contribution < -0.4 is 0 Å². The smallest absolute Gasteiger partial charge is 0.0462 e. The second-order valence-electron chi connectivity index (χ2n) is 3.34. The van der Waals surface area contributed by atoms with E-state index in [1.54, 1.807) is 7.11 Å². The van der Waals surface area contributed by atoms with Gasteiger partial charge in [0, 0.05) is 19.1 Å². The number of hydrogen-bond donors (Lipinski definition) is 0. The molecule has 0 bridgehead atoms. The van der Waals surface area contributed by atoms with Gasteiger partial charge in [-0.25, -0.2) is 0 Å². The maximum Gasteiger partial charge on any atom is 0.0462 e. The van der Waals surface area contributed by atoms with Crippen LogP contribution in [0.25, 0.3) is 0 Å². The molecule has 0 aromatic rings. The van der Waals surface area contributed by atoms with Gasteiger partial charge in [0.15, 0.2) is 0 Å². The first-order valence-electron chi connectivity index (χ1n) is 4.47. The van der Waals surface area contributed by atoms with Crippen LogP contribution in [0, 0.1) is 5.92 Å². The molecule has 0 saturated heterocycles. The quantitative estimate of drug-likeness (QED) is 0.473. The third-order valence-corrected chi connectivity index (χ3v) is 3.06. The second kappa shape index (κ2) is 5.00. The van der Waals surface area contributed by atoms with Crippen molar-refractivity contribution in [3.63, 3.8) is 0 Å². The van der Waals surface area contributed by atoms with Gasteiger partial charge in [-0.15, -0.1) is 11.6 Å². The lowest BCUT2D eigenvalue weighted by atomic mass is 10.0. The van der Waals surface area contributed by atoms with E-state index in [1.165, 1.54) is 32.1 Å². The highest BCUT2D eigenvalue weighted by Gasteiger charge is 2.24. The van der Waals surface area contributed by atoms with E-state index in [-0.39, 0.29) is 0 Å².